The molecular formula is C12H21N3O2S2. The number of nitrogens with zero attached hydrogens (tertiary/aromatic N) is 2. The van der Waals surface area contributed by atoms with Crippen LogP contribution >= 0.6 is 11.3 Å². The van der Waals surface area contributed by atoms with E-state index in [0.717, 1.165) is 17.8 Å². The Balaban J connectivity index is 2.20. The maximum Gasteiger partial charge on any atom is 0.244 e. The highest BCUT2D eigenvalue weighted by Crippen LogP contribution is 2.24. The Morgan fingerprint density at radius 3 is 2.79 bits per heavy atom. The Labute approximate surface area is 119 Å². The summed E-state index contributed by atoms with van der Waals surface area (Å²) in [5.74, 6) is 0. The van der Waals surface area contributed by atoms with Gasteiger partial charge in [-0.3, -0.25) is 0 Å². The van der Waals surface area contributed by atoms with E-state index in [0.29, 0.717) is 30.6 Å². The van der Waals surface area contributed by atoms with Gasteiger partial charge in [-0.05, 0) is 19.5 Å². The van der Waals surface area contributed by atoms with Gasteiger partial charge >= 0.3 is 0 Å². The number of sulfonamides is 1. The number of hydrogen-bond donors (Lipinski definition) is 1. The van der Waals surface area contributed by atoms with Crippen molar-refractivity contribution in [3.05, 3.63) is 16.3 Å². The molecular weight excluding hydrogens is 282 g/mol. The van der Waals surface area contributed by atoms with Crippen LogP contribution < -0.4 is 5.73 Å². The molecule has 1 aromatic rings. The zero-order valence-electron chi connectivity index (χ0n) is 11.4. The van der Waals surface area contributed by atoms with Gasteiger partial charge in [0.15, 0.2) is 0 Å². The molecule has 0 amide bonds. The molecule has 0 radical (unpaired) electrons. The van der Waals surface area contributed by atoms with Gasteiger partial charge in [0.1, 0.15) is 0 Å². The smallest absolute Gasteiger partial charge is 0.244 e. The number of likely N-dealkylation sites (N-methyl/N-ethyl adjacent to an activating group) is 1. The third-order valence-electron chi connectivity index (χ3n) is 3.68. The SMILES string of the molecule is CCC1CN(S(=O)(=O)c2csc(CN)c2)CCN1C. The number of piperazine rings is 1. The molecule has 1 aliphatic heterocycles. The molecule has 0 saturated carbocycles. The molecule has 1 aromatic heterocycles. The third kappa shape index (κ3) is 3.00. The molecule has 1 saturated heterocycles. The van der Waals surface area contributed by atoms with E-state index in [4.69, 9.17) is 5.73 Å². The Hall–Kier alpha value is -0.470. The molecule has 0 bridgehead atoms. The molecule has 108 valence electrons. The van der Waals surface area contributed by atoms with Crippen molar-refractivity contribution in [2.45, 2.75) is 30.8 Å². The van der Waals surface area contributed by atoms with E-state index in [1.165, 1.54) is 11.3 Å². The molecule has 2 heterocycles. The van der Waals surface area contributed by atoms with E-state index >= 15 is 0 Å². The van der Waals surface area contributed by atoms with Crippen molar-refractivity contribution in [3.63, 3.8) is 0 Å². The van der Waals surface area contributed by atoms with Gasteiger partial charge in [0.2, 0.25) is 10.0 Å². The molecule has 1 aliphatic rings. The maximum atomic E-state index is 12.6. The van der Waals surface area contributed by atoms with Crippen molar-refractivity contribution in [2.75, 3.05) is 26.7 Å². The highest BCUT2D eigenvalue weighted by molar-refractivity contribution is 7.89. The number of rotatable bonds is 4. The predicted molar refractivity (Wildman–Crippen MR) is 77.7 cm³/mol. The van der Waals surface area contributed by atoms with Crippen molar-refractivity contribution in [3.8, 4) is 0 Å². The molecule has 7 heteroatoms. The molecule has 1 unspecified atom stereocenters. The van der Waals surface area contributed by atoms with Gasteiger partial charge < -0.3 is 10.6 Å². The molecule has 19 heavy (non-hydrogen) atoms. The van der Waals surface area contributed by atoms with Crippen molar-refractivity contribution in [2.24, 2.45) is 5.73 Å². The molecule has 2 rings (SSSR count). The second-order valence-electron chi connectivity index (χ2n) is 4.86. The Bertz CT molecular complexity index is 527. The Morgan fingerprint density at radius 1 is 1.47 bits per heavy atom. The topological polar surface area (TPSA) is 66.6 Å². The Morgan fingerprint density at radius 2 is 2.21 bits per heavy atom. The van der Waals surface area contributed by atoms with Crippen LogP contribution in [0.25, 0.3) is 0 Å². The van der Waals surface area contributed by atoms with Crippen molar-refractivity contribution >= 4 is 21.4 Å². The minimum atomic E-state index is -3.36. The van der Waals surface area contributed by atoms with Crippen molar-refractivity contribution < 1.29 is 8.42 Å². The van der Waals surface area contributed by atoms with E-state index in [1.807, 2.05) is 0 Å². The van der Waals surface area contributed by atoms with Crippen LogP contribution in [0.2, 0.25) is 0 Å². The van der Waals surface area contributed by atoms with E-state index in [9.17, 15) is 8.42 Å². The summed E-state index contributed by atoms with van der Waals surface area (Å²) in [6.45, 7) is 4.40. The van der Waals surface area contributed by atoms with Crippen LogP contribution in [0.3, 0.4) is 0 Å². The minimum Gasteiger partial charge on any atom is -0.326 e. The number of hydrogen-bond acceptors (Lipinski definition) is 5. The fourth-order valence-corrected chi connectivity index (χ4v) is 4.94. The molecule has 0 aromatic carbocycles. The fraction of sp³-hybridized carbons (Fsp3) is 0.667. The highest BCUT2D eigenvalue weighted by Gasteiger charge is 2.32. The molecule has 1 fully saturated rings. The molecule has 1 atom stereocenters. The first-order valence-corrected chi connectivity index (χ1v) is 8.79. The largest absolute Gasteiger partial charge is 0.326 e. The summed E-state index contributed by atoms with van der Waals surface area (Å²) in [5.41, 5.74) is 5.54. The van der Waals surface area contributed by atoms with Crippen molar-refractivity contribution in [1.82, 2.24) is 9.21 Å². The van der Waals surface area contributed by atoms with E-state index in [-0.39, 0.29) is 0 Å². The summed E-state index contributed by atoms with van der Waals surface area (Å²) in [5, 5.41) is 1.69. The zero-order valence-corrected chi connectivity index (χ0v) is 13.0. The Kier molecular flexibility index (Phi) is 4.62. The van der Waals surface area contributed by atoms with Gasteiger partial charge in [0.25, 0.3) is 0 Å². The second-order valence-corrected chi connectivity index (χ2v) is 7.79. The average molecular weight is 303 g/mol. The zero-order chi connectivity index (χ0) is 14.0. The quantitative estimate of drug-likeness (QED) is 0.898. The summed E-state index contributed by atoms with van der Waals surface area (Å²) in [6.07, 6.45) is 0.959. The first-order chi connectivity index (χ1) is 8.98. The summed E-state index contributed by atoms with van der Waals surface area (Å²) in [4.78, 5) is 3.52. The molecule has 5 nitrogen and oxygen atoms in total. The van der Waals surface area contributed by atoms with Gasteiger partial charge in [0.05, 0.1) is 4.90 Å². The second kappa shape index (κ2) is 5.88. The lowest BCUT2D eigenvalue weighted by atomic mass is 10.1. The van der Waals surface area contributed by atoms with Crippen LogP contribution in [0.4, 0.5) is 0 Å². The van der Waals surface area contributed by atoms with Gasteiger partial charge in [0, 0.05) is 42.5 Å². The van der Waals surface area contributed by atoms with E-state index < -0.39 is 10.0 Å². The van der Waals surface area contributed by atoms with E-state index in [2.05, 4.69) is 18.9 Å². The van der Waals surface area contributed by atoms with E-state index in [1.54, 1.807) is 15.8 Å². The monoisotopic (exact) mass is 303 g/mol. The first kappa shape index (κ1) is 14.9. The van der Waals surface area contributed by atoms with Gasteiger partial charge in [-0.15, -0.1) is 11.3 Å². The first-order valence-electron chi connectivity index (χ1n) is 6.47. The predicted octanol–water partition coefficient (Wildman–Crippen LogP) is 0.922. The van der Waals surface area contributed by atoms with Crippen molar-refractivity contribution in [1.29, 1.82) is 0 Å². The average Bonchev–Trinajstić information content (AvgIpc) is 2.88. The van der Waals surface area contributed by atoms with Gasteiger partial charge in [-0.2, -0.15) is 4.31 Å². The lowest BCUT2D eigenvalue weighted by molar-refractivity contribution is 0.144. The van der Waals surface area contributed by atoms with Crippen LogP contribution in [0.1, 0.15) is 18.2 Å². The maximum absolute atomic E-state index is 12.6. The number of thiophene rings is 1. The van der Waals surface area contributed by atoms with Crippen LogP contribution in [0.15, 0.2) is 16.3 Å². The van der Waals surface area contributed by atoms with Crippen LogP contribution in [0.5, 0.6) is 0 Å². The van der Waals surface area contributed by atoms with Crippen LogP contribution in [-0.4, -0.2) is 50.3 Å². The fourth-order valence-electron chi connectivity index (χ4n) is 2.33. The van der Waals surface area contributed by atoms with Crippen LogP contribution in [-0.2, 0) is 16.6 Å². The summed E-state index contributed by atoms with van der Waals surface area (Å²) in [6, 6.07) is 2.00. The molecule has 0 spiro atoms. The lowest BCUT2D eigenvalue weighted by Gasteiger charge is -2.38. The minimum absolute atomic E-state index is 0.302. The summed E-state index contributed by atoms with van der Waals surface area (Å²) in [7, 11) is -1.31. The summed E-state index contributed by atoms with van der Waals surface area (Å²) >= 11 is 1.41. The van der Waals surface area contributed by atoms with Gasteiger partial charge in [-0.1, -0.05) is 6.92 Å². The normalized spacial score (nSPS) is 22.8. The van der Waals surface area contributed by atoms with Gasteiger partial charge in [-0.25, -0.2) is 8.42 Å². The van der Waals surface area contributed by atoms with Crippen LogP contribution in [0, 0.1) is 0 Å². The number of nitrogens with two attached hydrogens (primary N) is 1. The standard InChI is InChI=1S/C12H21N3O2S2/c1-3-10-8-15(5-4-14(10)2)19(16,17)12-6-11(7-13)18-9-12/h6,9-10H,3-5,7-8,13H2,1-2H3. The molecule has 2 N–H and O–H groups in total. The lowest BCUT2D eigenvalue weighted by Crippen LogP contribution is -2.52. The third-order valence-corrected chi connectivity index (χ3v) is 6.63. The summed E-state index contributed by atoms with van der Waals surface area (Å²) < 4.78 is 26.7. The highest BCUT2D eigenvalue weighted by atomic mass is 32.2. The molecule has 0 aliphatic carbocycles.